The van der Waals surface area contributed by atoms with Crippen LogP contribution in [-0.2, 0) is 5.88 Å². The highest BCUT2D eigenvalue weighted by Crippen LogP contribution is 2.28. The van der Waals surface area contributed by atoms with E-state index in [1.165, 1.54) is 10.8 Å². The van der Waals surface area contributed by atoms with Crippen LogP contribution in [0, 0.1) is 0 Å². The summed E-state index contributed by atoms with van der Waals surface area (Å²) in [5.41, 5.74) is 1.11. The second kappa shape index (κ2) is 5.35. The number of likely N-dealkylation sites (N-methyl/N-ethyl adjacent to an activating group) is 1. The van der Waals surface area contributed by atoms with E-state index in [-0.39, 0.29) is 0 Å². The van der Waals surface area contributed by atoms with E-state index in [1.54, 1.807) is 0 Å². The molecule has 0 bridgehead atoms. The predicted molar refractivity (Wildman–Crippen MR) is 81.0 cm³/mol. The van der Waals surface area contributed by atoms with Gasteiger partial charge in [0.1, 0.15) is 5.82 Å². The minimum atomic E-state index is 0.510. The quantitative estimate of drug-likeness (QED) is 0.786. The Morgan fingerprint density at radius 1 is 1.11 bits per heavy atom. The molecule has 1 aliphatic rings. The van der Waals surface area contributed by atoms with Crippen molar-refractivity contribution in [2.75, 3.05) is 38.1 Å². The summed E-state index contributed by atoms with van der Waals surface area (Å²) in [4.78, 5) is 9.38. The van der Waals surface area contributed by atoms with Crippen molar-refractivity contribution in [3.05, 3.63) is 36.0 Å². The van der Waals surface area contributed by atoms with Gasteiger partial charge in [0.2, 0.25) is 0 Å². The molecule has 1 aromatic carbocycles. The summed E-state index contributed by atoms with van der Waals surface area (Å²) in [5, 5.41) is 2.44. The molecule has 3 rings (SSSR count). The zero-order chi connectivity index (χ0) is 13.2. The summed E-state index contributed by atoms with van der Waals surface area (Å²) in [6.07, 6.45) is 1.92. The monoisotopic (exact) mass is 275 g/mol. The summed E-state index contributed by atoms with van der Waals surface area (Å²) >= 11 is 6.00. The molecule has 0 atom stereocenters. The third-order valence-electron chi connectivity index (χ3n) is 3.80. The Morgan fingerprint density at radius 3 is 2.47 bits per heavy atom. The van der Waals surface area contributed by atoms with Gasteiger partial charge in [-0.1, -0.05) is 24.3 Å². The molecule has 2 heterocycles. The first-order chi connectivity index (χ1) is 9.29. The highest BCUT2D eigenvalue weighted by molar-refractivity contribution is 6.18. The number of pyridine rings is 1. The van der Waals surface area contributed by atoms with Gasteiger partial charge in [0.05, 0.1) is 0 Å². The Labute approximate surface area is 118 Å². The van der Waals surface area contributed by atoms with E-state index in [9.17, 15) is 0 Å². The lowest BCUT2D eigenvalue weighted by atomic mass is 10.1. The van der Waals surface area contributed by atoms with Crippen LogP contribution in [0.1, 0.15) is 5.56 Å². The molecule has 1 aromatic heterocycles. The number of halogens is 1. The zero-order valence-corrected chi connectivity index (χ0v) is 11.9. The maximum Gasteiger partial charge on any atom is 0.136 e. The maximum absolute atomic E-state index is 6.00. The number of benzene rings is 1. The van der Waals surface area contributed by atoms with Crippen LogP contribution in [-0.4, -0.2) is 43.1 Å². The zero-order valence-electron chi connectivity index (χ0n) is 11.1. The van der Waals surface area contributed by atoms with Gasteiger partial charge in [-0.05, 0) is 18.0 Å². The van der Waals surface area contributed by atoms with E-state index in [0.717, 1.165) is 37.6 Å². The molecule has 1 fully saturated rings. The van der Waals surface area contributed by atoms with Gasteiger partial charge in [0, 0.05) is 43.6 Å². The smallest absolute Gasteiger partial charge is 0.136 e. The second-order valence-corrected chi connectivity index (χ2v) is 5.34. The molecular weight excluding hydrogens is 258 g/mol. The normalized spacial score (nSPS) is 17.1. The summed E-state index contributed by atoms with van der Waals surface area (Å²) in [5.74, 6) is 1.61. The molecule has 2 aromatic rings. The standard InChI is InChI=1S/C15H18ClN3/c1-18-6-8-19(9-7-18)15-14-5-3-2-4-13(14)12(10-16)11-17-15/h2-5,11H,6-10H2,1H3. The van der Waals surface area contributed by atoms with Crippen LogP contribution < -0.4 is 4.90 Å². The first-order valence-corrected chi connectivity index (χ1v) is 7.19. The third kappa shape index (κ3) is 2.40. The first-order valence-electron chi connectivity index (χ1n) is 6.65. The van der Waals surface area contributed by atoms with Crippen LogP contribution in [0.2, 0.25) is 0 Å². The predicted octanol–water partition coefficient (Wildman–Crippen LogP) is 2.73. The van der Waals surface area contributed by atoms with Crippen molar-refractivity contribution >= 4 is 28.2 Å². The third-order valence-corrected chi connectivity index (χ3v) is 4.09. The Bertz CT molecular complexity index is 577. The summed E-state index contributed by atoms with van der Waals surface area (Å²) < 4.78 is 0. The van der Waals surface area contributed by atoms with Gasteiger partial charge in [0.15, 0.2) is 0 Å². The fourth-order valence-corrected chi connectivity index (χ4v) is 2.83. The van der Waals surface area contributed by atoms with Crippen LogP contribution >= 0.6 is 11.6 Å². The molecule has 0 saturated carbocycles. The van der Waals surface area contributed by atoms with Crippen LogP contribution in [0.4, 0.5) is 5.82 Å². The number of rotatable bonds is 2. The van der Waals surface area contributed by atoms with E-state index < -0.39 is 0 Å². The number of nitrogens with zero attached hydrogens (tertiary/aromatic N) is 3. The molecule has 0 unspecified atom stereocenters. The number of fused-ring (bicyclic) bond motifs is 1. The van der Waals surface area contributed by atoms with E-state index >= 15 is 0 Å². The van der Waals surface area contributed by atoms with Crippen LogP contribution in [0.25, 0.3) is 10.8 Å². The minimum absolute atomic E-state index is 0.510. The average Bonchev–Trinajstić information content (AvgIpc) is 2.47. The topological polar surface area (TPSA) is 19.4 Å². The lowest BCUT2D eigenvalue weighted by Crippen LogP contribution is -2.44. The summed E-state index contributed by atoms with van der Waals surface area (Å²) in [7, 11) is 2.17. The molecule has 1 aliphatic heterocycles. The number of aromatic nitrogens is 1. The number of anilines is 1. The molecule has 0 amide bonds. The van der Waals surface area contributed by atoms with Crippen molar-refractivity contribution in [1.82, 2.24) is 9.88 Å². The number of hydrogen-bond donors (Lipinski definition) is 0. The molecule has 19 heavy (non-hydrogen) atoms. The van der Waals surface area contributed by atoms with E-state index in [2.05, 4.69) is 46.1 Å². The average molecular weight is 276 g/mol. The molecule has 0 spiro atoms. The molecule has 3 nitrogen and oxygen atoms in total. The van der Waals surface area contributed by atoms with Gasteiger partial charge in [-0.2, -0.15) is 0 Å². The largest absolute Gasteiger partial charge is 0.354 e. The molecule has 1 saturated heterocycles. The van der Waals surface area contributed by atoms with Crippen molar-refractivity contribution < 1.29 is 0 Å². The number of alkyl halides is 1. The minimum Gasteiger partial charge on any atom is -0.354 e. The van der Waals surface area contributed by atoms with Crippen molar-refractivity contribution in [3.63, 3.8) is 0 Å². The van der Waals surface area contributed by atoms with Gasteiger partial charge in [0.25, 0.3) is 0 Å². The highest BCUT2D eigenvalue weighted by Gasteiger charge is 2.18. The van der Waals surface area contributed by atoms with E-state index in [1.807, 2.05) is 6.20 Å². The molecule has 100 valence electrons. The maximum atomic E-state index is 6.00. The second-order valence-electron chi connectivity index (χ2n) is 5.08. The number of hydrogen-bond acceptors (Lipinski definition) is 3. The Morgan fingerprint density at radius 2 is 1.79 bits per heavy atom. The number of piperazine rings is 1. The Kier molecular flexibility index (Phi) is 3.58. The van der Waals surface area contributed by atoms with Gasteiger partial charge >= 0.3 is 0 Å². The van der Waals surface area contributed by atoms with E-state index in [0.29, 0.717) is 5.88 Å². The summed E-state index contributed by atoms with van der Waals surface area (Å²) in [6, 6.07) is 8.41. The van der Waals surface area contributed by atoms with Gasteiger partial charge in [-0.25, -0.2) is 4.98 Å². The Balaban J connectivity index is 2.04. The van der Waals surface area contributed by atoms with Crippen molar-refractivity contribution in [1.29, 1.82) is 0 Å². The highest BCUT2D eigenvalue weighted by atomic mass is 35.5. The molecule has 0 aliphatic carbocycles. The van der Waals surface area contributed by atoms with E-state index in [4.69, 9.17) is 11.6 Å². The SMILES string of the molecule is CN1CCN(c2ncc(CCl)c3ccccc23)CC1. The van der Waals surface area contributed by atoms with Crippen LogP contribution in [0.5, 0.6) is 0 Å². The molecule has 0 radical (unpaired) electrons. The fraction of sp³-hybridized carbons (Fsp3) is 0.400. The van der Waals surface area contributed by atoms with Crippen LogP contribution in [0.15, 0.2) is 30.5 Å². The molecule has 4 heteroatoms. The summed E-state index contributed by atoms with van der Waals surface area (Å²) in [6.45, 7) is 4.25. The lowest BCUT2D eigenvalue weighted by molar-refractivity contribution is 0.312. The van der Waals surface area contributed by atoms with Gasteiger partial charge in [-0.3, -0.25) is 0 Å². The van der Waals surface area contributed by atoms with Gasteiger partial charge < -0.3 is 9.80 Å². The van der Waals surface area contributed by atoms with Crippen molar-refractivity contribution in [2.24, 2.45) is 0 Å². The van der Waals surface area contributed by atoms with Crippen LogP contribution in [0.3, 0.4) is 0 Å². The van der Waals surface area contributed by atoms with Crippen molar-refractivity contribution in [3.8, 4) is 0 Å². The Hall–Kier alpha value is -1.32. The lowest BCUT2D eigenvalue weighted by Gasteiger charge is -2.34. The fourth-order valence-electron chi connectivity index (χ4n) is 2.61. The van der Waals surface area contributed by atoms with Gasteiger partial charge in [-0.15, -0.1) is 11.6 Å². The molecule has 0 N–H and O–H groups in total. The molecular formula is C15H18ClN3. The first kappa shape index (κ1) is 12.7. The van der Waals surface area contributed by atoms with Crippen molar-refractivity contribution in [2.45, 2.75) is 5.88 Å².